The first kappa shape index (κ1) is 24.8. The fraction of sp³-hybridized carbons (Fsp3) is 0.440. The van der Waals surface area contributed by atoms with Gasteiger partial charge in [0.25, 0.3) is 0 Å². The number of anilines is 3. The molecule has 0 radical (unpaired) electrons. The van der Waals surface area contributed by atoms with Crippen LogP contribution in [-0.4, -0.2) is 89.5 Å². The normalized spacial score (nSPS) is 18.9. The second-order valence-corrected chi connectivity index (χ2v) is 8.68. The number of fused-ring (bicyclic) bond motifs is 2. The Morgan fingerprint density at radius 3 is 2.68 bits per heavy atom. The minimum atomic E-state index is -0.0649. The molecule has 2 aliphatic rings. The standard InChI is InChI=1S/C25H31N7O5/c1-2-21(33)32-7-3-4-18(15-32)28-24-22-23(27-16-26-22)30-25(31-24)29-17-5-6-19-20(14-17)37-13-11-35-9-8-34-10-12-36-19/h2,5-6,14,16,18H,1,3-4,7-13,15H2,(H3,26,27,28,29,30,31)/t18-/m0/s1. The van der Waals surface area contributed by atoms with E-state index in [1.54, 1.807) is 11.2 Å². The second kappa shape index (κ2) is 11.9. The lowest BCUT2D eigenvalue weighted by Crippen LogP contribution is -2.44. The number of aromatic nitrogens is 4. The Labute approximate surface area is 214 Å². The zero-order chi connectivity index (χ0) is 25.5. The van der Waals surface area contributed by atoms with Crippen molar-refractivity contribution >= 4 is 34.5 Å². The number of nitrogens with one attached hydrogen (secondary N) is 3. The van der Waals surface area contributed by atoms with E-state index in [4.69, 9.17) is 23.9 Å². The SMILES string of the molecule is C=CC(=O)N1CCC[C@H](Nc2nc(Nc3ccc4c(c3)OCCOCCOCCO4)nc3nc[nH]c23)C1. The van der Waals surface area contributed by atoms with Crippen LogP contribution in [-0.2, 0) is 14.3 Å². The number of benzene rings is 1. The van der Waals surface area contributed by atoms with Crippen molar-refractivity contribution in [3.63, 3.8) is 0 Å². The predicted octanol–water partition coefficient (Wildman–Crippen LogP) is 2.49. The van der Waals surface area contributed by atoms with Gasteiger partial charge in [-0.05, 0) is 31.1 Å². The van der Waals surface area contributed by atoms with Crippen LogP contribution >= 0.6 is 0 Å². The highest BCUT2D eigenvalue weighted by Crippen LogP contribution is 2.32. The summed E-state index contributed by atoms with van der Waals surface area (Å²) in [5.74, 6) is 2.14. The van der Waals surface area contributed by atoms with E-state index >= 15 is 0 Å². The Morgan fingerprint density at radius 2 is 1.86 bits per heavy atom. The average Bonchev–Trinajstić information content (AvgIpc) is 3.38. The molecule has 1 aromatic carbocycles. The zero-order valence-electron chi connectivity index (χ0n) is 20.6. The first-order chi connectivity index (χ1) is 18.2. The molecule has 0 saturated carbocycles. The summed E-state index contributed by atoms with van der Waals surface area (Å²) in [6.45, 7) is 7.66. The highest BCUT2D eigenvalue weighted by atomic mass is 16.6. The summed E-state index contributed by atoms with van der Waals surface area (Å²) in [6, 6.07) is 5.59. The maximum atomic E-state index is 12.1. The Bertz CT molecular complexity index is 1230. The van der Waals surface area contributed by atoms with Crippen molar-refractivity contribution in [1.29, 1.82) is 0 Å². The molecule has 1 fully saturated rings. The predicted molar refractivity (Wildman–Crippen MR) is 137 cm³/mol. The van der Waals surface area contributed by atoms with Gasteiger partial charge in [-0.3, -0.25) is 4.79 Å². The fourth-order valence-electron chi connectivity index (χ4n) is 4.30. The first-order valence-electron chi connectivity index (χ1n) is 12.4. The van der Waals surface area contributed by atoms with E-state index in [1.807, 2.05) is 18.2 Å². The number of ether oxygens (including phenoxy) is 4. The number of H-pyrrole nitrogens is 1. The molecular weight excluding hydrogens is 478 g/mol. The highest BCUT2D eigenvalue weighted by molar-refractivity contribution is 5.87. The first-order valence-corrected chi connectivity index (χ1v) is 12.4. The number of nitrogens with zero attached hydrogens (tertiary/aromatic N) is 4. The van der Waals surface area contributed by atoms with Crippen LogP contribution in [0.15, 0.2) is 37.2 Å². The van der Waals surface area contributed by atoms with Crippen LogP contribution in [0.1, 0.15) is 12.8 Å². The van der Waals surface area contributed by atoms with Gasteiger partial charge in [0.15, 0.2) is 23.0 Å². The Morgan fingerprint density at radius 1 is 1.08 bits per heavy atom. The van der Waals surface area contributed by atoms with Gasteiger partial charge in [-0.15, -0.1) is 0 Å². The van der Waals surface area contributed by atoms with Crippen molar-refractivity contribution < 1.29 is 23.7 Å². The number of imidazole rings is 1. The molecule has 0 spiro atoms. The van der Waals surface area contributed by atoms with Gasteiger partial charge in [0.05, 0.1) is 32.8 Å². The summed E-state index contributed by atoms with van der Waals surface area (Å²) in [5.41, 5.74) is 1.96. The largest absolute Gasteiger partial charge is 0.487 e. The molecule has 0 aliphatic carbocycles. The van der Waals surface area contributed by atoms with Crippen LogP contribution in [0.25, 0.3) is 11.2 Å². The topological polar surface area (TPSA) is 136 Å². The van der Waals surface area contributed by atoms with E-state index in [0.29, 0.717) is 80.6 Å². The van der Waals surface area contributed by atoms with Gasteiger partial charge in [0.1, 0.15) is 18.7 Å². The summed E-state index contributed by atoms with van der Waals surface area (Å²) >= 11 is 0. The quantitative estimate of drug-likeness (QED) is 0.440. The molecule has 2 aliphatic heterocycles. The smallest absolute Gasteiger partial charge is 0.246 e. The fourth-order valence-corrected chi connectivity index (χ4v) is 4.30. The lowest BCUT2D eigenvalue weighted by Gasteiger charge is -2.32. The van der Waals surface area contributed by atoms with Gasteiger partial charge in [-0.2, -0.15) is 9.97 Å². The summed E-state index contributed by atoms with van der Waals surface area (Å²) in [7, 11) is 0. The number of carbonyl (C=O) groups excluding carboxylic acids is 1. The van der Waals surface area contributed by atoms with Crippen molar-refractivity contribution in [2.45, 2.75) is 18.9 Å². The van der Waals surface area contributed by atoms with E-state index in [2.05, 4.69) is 32.2 Å². The van der Waals surface area contributed by atoms with Gasteiger partial charge < -0.3 is 39.5 Å². The second-order valence-electron chi connectivity index (χ2n) is 8.68. The molecule has 3 aromatic rings. The third-order valence-electron chi connectivity index (χ3n) is 6.08. The van der Waals surface area contributed by atoms with Crippen LogP contribution in [0.2, 0.25) is 0 Å². The van der Waals surface area contributed by atoms with E-state index in [1.165, 1.54) is 6.08 Å². The summed E-state index contributed by atoms with van der Waals surface area (Å²) in [4.78, 5) is 30.6. The van der Waals surface area contributed by atoms with Crippen LogP contribution in [0.5, 0.6) is 11.5 Å². The minimum Gasteiger partial charge on any atom is -0.487 e. The van der Waals surface area contributed by atoms with Crippen LogP contribution in [0.3, 0.4) is 0 Å². The number of hydrogen-bond donors (Lipinski definition) is 3. The molecule has 1 atom stereocenters. The summed E-state index contributed by atoms with van der Waals surface area (Å²) in [6.07, 6.45) is 4.75. The number of aromatic amines is 1. The molecule has 12 nitrogen and oxygen atoms in total. The molecule has 1 saturated heterocycles. The molecule has 4 heterocycles. The monoisotopic (exact) mass is 509 g/mol. The van der Waals surface area contributed by atoms with E-state index in [-0.39, 0.29) is 11.9 Å². The maximum absolute atomic E-state index is 12.1. The number of likely N-dealkylation sites (tertiary alicyclic amines) is 1. The third-order valence-corrected chi connectivity index (χ3v) is 6.08. The molecule has 0 unspecified atom stereocenters. The number of hydrogen-bond acceptors (Lipinski definition) is 10. The highest BCUT2D eigenvalue weighted by Gasteiger charge is 2.24. The van der Waals surface area contributed by atoms with Crippen molar-refractivity contribution in [2.24, 2.45) is 0 Å². The lowest BCUT2D eigenvalue weighted by atomic mass is 10.1. The third kappa shape index (κ3) is 6.27. The molecule has 37 heavy (non-hydrogen) atoms. The Balaban J connectivity index is 1.34. The molecule has 12 heteroatoms. The number of amides is 1. The summed E-state index contributed by atoms with van der Waals surface area (Å²) in [5, 5.41) is 6.72. The number of piperidine rings is 1. The van der Waals surface area contributed by atoms with Gasteiger partial charge >= 0.3 is 0 Å². The zero-order valence-corrected chi connectivity index (χ0v) is 20.6. The Kier molecular flexibility index (Phi) is 7.96. The number of carbonyl (C=O) groups is 1. The van der Waals surface area contributed by atoms with E-state index < -0.39 is 0 Å². The van der Waals surface area contributed by atoms with E-state index in [9.17, 15) is 4.79 Å². The van der Waals surface area contributed by atoms with Crippen molar-refractivity contribution in [1.82, 2.24) is 24.8 Å². The lowest BCUT2D eigenvalue weighted by molar-refractivity contribution is -0.127. The van der Waals surface area contributed by atoms with Crippen molar-refractivity contribution in [2.75, 3.05) is 63.4 Å². The van der Waals surface area contributed by atoms with E-state index in [0.717, 1.165) is 25.1 Å². The maximum Gasteiger partial charge on any atom is 0.246 e. The molecular formula is C25H31N7O5. The van der Waals surface area contributed by atoms with Gasteiger partial charge in [-0.25, -0.2) is 4.98 Å². The molecule has 0 bridgehead atoms. The van der Waals surface area contributed by atoms with Gasteiger partial charge in [0.2, 0.25) is 11.9 Å². The number of rotatable bonds is 5. The Hall–Kier alpha value is -3.90. The van der Waals surface area contributed by atoms with Crippen LogP contribution in [0.4, 0.5) is 17.5 Å². The molecule has 3 N–H and O–H groups in total. The average molecular weight is 510 g/mol. The summed E-state index contributed by atoms with van der Waals surface area (Å²) < 4.78 is 22.8. The van der Waals surface area contributed by atoms with Crippen molar-refractivity contribution in [3.05, 3.63) is 37.2 Å². The molecule has 5 rings (SSSR count). The molecule has 2 aromatic heterocycles. The molecule has 196 valence electrons. The minimum absolute atomic E-state index is 0.0429. The van der Waals surface area contributed by atoms with Gasteiger partial charge in [0, 0.05) is 30.9 Å². The molecule has 1 amide bonds. The van der Waals surface area contributed by atoms with Crippen LogP contribution in [0, 0.1) is 0 Å². The van der Waals surface area contributed by atoms with Crippen molar-refractivity contribution in [3.8, 4) is 11.5 Å². The van der Waals surface area contributed by atoms with Crippen LogP contribution < -0.4 is 20.1 Å². The van der Waals surface area contributed by atoms with Gasteiger partial charge in [-0.1, -0.05) is 6.58 Å².